The van der Waals surface area contributed by atoms with Crippen molar-refractivity contribution >= 4 is 42.1 Å². The summed E-state index contributed by atoms with van der Waals surface area (Å²) in [5, 5.41) is 6.41. The topological polar surface area (TPSA) is 70.2 Å². The van der Waals surface area contributed by atoms with E-state index in [2.05, 4.69) is 15.3 Å². The summed E-state index contributed by atoms with van der Waals surface area (Å²) in [4.78, 5) is 22.8. The van der Waals surface area contributed by atoms with Crippen LogP contribution in [0.3, 0.4) is 0 Å². The number of nitrogens with zero attached hydrogens (tertiary/aromatic N) is 2. The molecule has 6 nitrogen and oxygen atoms in total. The van der Waals surface area contributed by atoms with E-state index in [1.54, 1.807) is 18.4 Å². The smallest absolute Gasteiger partial charge is 0.270 e. The molecule has 0 spiro atoms. The van der Waals surface area contributed by atoms with E-state index in [4.69, 9.17) is 4.74 Å². The molecule has 9 heteroatoms. The Balaban J connectivity index is 0.00000150. The molecule has 0 radical (unpaired) electrons. The Morgan fingerprint density at radius 2 is 2.10 bits per heavy atom. The lowest BCUT2D eigenvalue weighted by Crippen LogP contribution is -2.48. The van der Waals surface area contributed by atoms with Gasteiger partial charge in [-0.15, -0.1) is 36.2 Å². The van der Waals surface area contributed by atoms with Crippen molar-refractivity contribution in [3.8, 4) is 17.0 Å². The number of carbonyl (C=O) groups excluding carboxylic acids is 1. The van der Waals surface area contributed by atoms with Gasteiger partial charge in [0.15, 0.2) is 0 Å². The number of piperazine rings is 1. The van der Waals surface area contributed by atoms with Crippen LogP contribution in [0.15, 0.2) is 41.9 Å². The molecule has 1 aliphatic heterocycles. The molecule has 1 fully saturated rings. The van der Waals surface area contributed by atoms with Crippen LogP contribution >= 0.6 is 36.2 Å². The first kappa shape index (κ1) is 23.2. The Hall–Kier alpha value is -2.06. The molecule has 3 heterocycles. The Morgan fingerprint density at radius 1 is 1.31 bits per heavy atom. The monoisotopic (exact) mass is 454 g/mol. The van der Waals surface area contributed by atoms with Crippen molar-refractivity contribution in [3.05, 3.63) is 58.2 Å². The number of hydrogen-bond acceptors (Lipinski definition) is 5. The highest BCUT2D eigenvalue weighted by atomic mass is 35.5. The van der Waals surface area contributed by atoms with Crippen LogP contribution in [0.5, 0.6) is 5.75 Å². The van der Waals surface area contributed by atoms with Crippen molar-refractivity contribution in [1.82, 2.24) is 20.2 Å². The highest BCUT2D eigenvalue weighted by Crippen LogP contribution is 2.31. The van der Waals surface area contributed by atoms with Gasteiger partial charge >= 0.3 is 0 Å². The number of ether oxygens (including phenoxy) is 1. The third-order valence-electron chi connectivity index (χ3n) is 4.83. The van der Waals surface area contributed by atoms with E-state index in [9.17, 15) is 4.79 Å². The number of thiazole rings is 1. The maximum Gasteiger partial charge on any atom is 0.270 e. The van der Waals surface area contributed by atoms with Crippen LogP contribution in [0.1, 0.15) is 27.1 Å². The standard InChI is InChI=1S/C20H22N4O2S.2ClH/c1-13-23-17(12-27-13)14-9-16(22-10-14)20(25)24-8-7-21-11-18(24)15-5-3-4-6-19(15)26-2;;/h3-6,9-10,12,18,21-22H,7-8,11H2,1-2H3;2*1H. The molecule has 3 aromatic rings. The van der Waals surface area contributed by atoms with Crippen molar-refractivity contribution in [1.29, 1.82) is 0 Å². The van der Waals surface area contributed by atoms with E-state index in [1.807, 2.05) is 53.7 Å². The fourth-order valence-corrected chi connectivity index (χ4v) is 4.11. The quantitative estimate of drug-likeness (QED) is 0.622. The number of aryl methyl sites for hydroxylation is 1. The number of benzene rings is 1. The predicted octanol–water partition coefficient (Wildman–Crippen LogP) is 4.09. The molecule has 0 bridgehead atoms. The second kappa shape index (κ2) is 10.1. The van der Waals surface area contributed by atoms with Gasteiger partial charge in [-0.25, -0.2) is 4.98 Å². The van der Waals surface area contributed by atoms with Gasteiger partial charge in [-0.2, -0.15) is 0 Å². The fraction of sp³-hybridized carbons (Fsp3) is 0.300. The van der Waals surface area contributed by atoms with Gasteiger partial charge in [0, 0.05) is 42.3 Å². The molecule has 1 saturated heterocycles. The second-order valence-electron chi connectivity index (χ2n) is 6.51. The van der Waals surface area contributed by atoms with Crippen molar-refractivity contribution < 1.29 is 9.53 Å². The first-order valence-corrected chi connectivity index (χ1v) is 9.81. The predicted molar refractivity (Wildman–Crippen MR) is 121 cm³/mol. The van der Waals surface area contributed by atoms with Gasteiger partial charge < -0.3 is 19.9 Å². The summed E-state index contributed by atoms with van der Waals surface area (Å²) in [5.74, 6) is 0.791. The van der Waals surface area contributed by atoms with E-state index in [0.29, 0.717) is 18.8 Å². The van der Waals surface area contributed by atoms with Gasteiger partial charge in [-0.05, 0) is 19.1 Å². The Morgan fingerprint density at radius 3 is 2.83 bits per heavy atom. The summed E-state index contributed by atoms with van der Waals surface area (Å²) in [7, 11) is 1.66. The zero-order valence-electron chi connectivity index (χ0n) is 16.2. The number of halogens is 2. The van der Waals surface area contributed by atoms with Gasteiger partial charge in [0.2, 0.25) is 0 Å². The summed E-state index contributed by atoms with van der Waals surface area (Å²) in [6.07, 6.45) is 1.85. The van der Waals surface area contributed by atoms with E-state index in [1.165, 1.54) is 0 Å². The lowest BCUT2D eigenvalue weighted by atomic mass is 10.0. The first-order chi connectivity index (χ1) is 13.2. The number of amides is 1. The molecular formula is C20H24Cl2N4O2S. The second-order valence-corrected chi connectivity index (χ2v) is 7.58. The molecule has 1 aliphatic rings. The zero-order chi connectivity index (χ0) is 18.8. The number of H-pyrrole nitrogens is 1. The molecule has 1 amide bonds. The molecule has 4 rings (SSSR count). The van der Waals surface area contributed by atoms with Crippen molar-refractivity contribution in [3.63, 3.8) is 0 Å². The molecule has 2 N–H and O–H groups in total. The Bertz CT molecular complexity index is 959. The molecule has 156 valence electrons. The van der Waals surface area contributed by atoms with Gasteiger partial charge in [0.25, 0.3) is 5.91 Å². The number of hydrogen-bond donors (Lipinski definition) is 2. The molecule has 0 saturated carbocycles. The average Bonchev–Trinajstić information content (AvgIpc) is 3.36. The Kier molecular flexibility index (Phi) is 8.10. The van der Waals surface area contributed by atoms with Crippen LogP contribution in [0.2, 0.25) is 0 Å². The third-order valence-corrected chi connectivity index (χ3v) is 5.60. The highest BCUT2D eigenvalue weighted by Gasteiger charge is 2.31. The van der Waals surface area contributed by atoms with Crippen LogP contribution < -0.4 is 10.1 Å². The molecule has 2 aromatic heterocycles. The van der Waals surface area contributed by atoms with Crippen molar-refractivity contribution in [2.45, 2.75) is 13.0 Å². The third kappa shape index (κ3) is 4.75. The van der Waals surface area contributed by atoms with Gasteiger partial charge in [0.1, 0.15) is 11.4 Å². The van der Waals surface area contributed by atoms with Gasteiger partial charge in [-0.3, -0.25) is 4.79 Å². The molecule has 1 atom stereocenters. The average molecular weight is 455 g/mol. The minimum atomic E-state index is -0.0735. The normalized spacial score (nSPS) is 15.9. The van der Waals surface area contributed by atoms with Crippen LogP contribution in [0.4, 0.5) is 0 Å². The largest absolute Gasteiger partial charge is 0.496 e. The Labute approximate surface area is 186 Å². The summed E-state index contributed by atoms with van der Waals surface area (Å²) < 4.78 is 5.52. The summed E-state index contributed by atoms with van der Waals surface area (Å²) in [5.41, 5.74) is 3.43. The molecule has 29 heavy (non-hydrogen) atoms. The van der Waals surface area contributed by atoms with Crippen LogP contribution in [0, 0.1) is 6.92 Å². The lowest BCUT2D eigenvalue weighted by molar-refractivity contribution is 0.0626. The van der Waals surface area contributed by atoms with Crippen LogP contribution in [-0.4, -0.2) is 47.5 Å². The van der Waals surface area contributed by atoms with Crippen LogP contribution in [-0.2, 0) is 0 Å². The molecule has 1 unspecified atom stereocenters. The SMILES string of the molecule is COc1ccccc1C1CNCCN1C(=O)c1cc(-c2csc(C)n2)c[nH]1.Cl.Cl. The van der Waals surface area contributed by atoms with Crippen LogP contribution in [0.25, 0.3) is 11.3 Å². The van der Waals surface area contributed by atoms with E-state index < -0.39 is 0 Å². The number of rotatable bonds is 4. The summed E-state index contributed by atoms with van der Waals surface area (Å²) >= 11 is 1.60. The molecular weight excluding hydrogens is 431 g/mol. The van der Waals surface area contributed by atoms with Crippen molar-refractivity contribution in [2.24, 2.45) is 0 Å². The number of para-hydroxylation sites is 1. The minimum Gasteiger partial charge on any atom is -0.496 e. The van der Waals surface area contributed by atoms with E-state index in [0.717, 1.165) is 34.1 Å². The molecule has 1 aromatic carbocycles. The van der Waals surface area contributed by atoms with E-state index in [-0.39, 0.29) is 36.8 Å². The number of methoxy groups -OCH3 is 1. The number of aromatic amines is 1. The fourth-order valence-electron chi connectivity index (χ4n) is 3.48. The summed E-state index contributed by atoms with van der Waals surface area (Å²) in [6, 6.07) is 9.69. The van der Waals surface area contributed by atoms with Gasteiger partial charge in [-0.1, -0.05) is 18.2 Å². The number of nitrogens with one attached hydrogen (secondary N) is 2. The minimum absolute atomic E-state index is 0. The van der Waals surface area contributed by atoms with Crippen molar-refractivity contribution in [2.75, 3.05) is 26.7 Å². The number of aromatic nitrogens is 2. The summed E-state index contributed by atoms with van der Waals surface area (Å²) in [6.45, 7) is 4.10. The van der Waals surface area contributed by atoms with E-state index >= 15 is 0 Å². The maximum atomic E-state index is 13.2. The number of carbonyl (C=O) groups is 1. The van der Waals surface area contributed by atoms with Gasteiger partial charge in [0.05, 0.1) is 23.9 Å². The lowest BCUT2D eigenvalue weighted by Gasteiger charge is -2.36. The highest BCUT2D eigenvalue weighted by molar-refractivity contribution is 7.09. The maximum absolute atomic E-state index is 13.2. The first-order valence-electron chi connectivity index (χ1n) is 8.93. The zero-order valence-corrected chi connectivity index (χ0v) is 18.6. The molecule has 0 aliphatic carbocycles.